The SMILES string of the molecule is COC(=O)c1ccc(C2=NCC(C)(c3cc(C(F)(F)F)cc(C(F)(F)F)c3)C2)cc1C. The number of ether oxygens (including phenoxy) is 1. The van der Waals surface area contributed by atoms with Crippen LogP contribution >= 0.6 is 0 Å². The van der Waals surface area contributed by atoms with Crippen LogP contribution in [0.15, 0.2) is 41.4 Å². The summed E-state index contributed by atoms with van der Waals surface area (Å²) in [6.45, 7) is 3.33. The van der Waals surface area contributed by atoms with Crippen molar-refractivity contribution < 1.29 is 35.9 Å². The van der Waals surface area contributed by atoms with Crippen molar-refractivity contribution >= 4 is 11.7 Å². The smallest absolute Gasteiger partial charge is 0.416 e. The lowest BCUT2D eigenvalue weighted by Gasteiger charge is -2.26. The van der Waals surface area contributed by atoms with E-state index in [2.05, 4.69) is 4.99 Å². The van der Waals surface area contributed by atoms with E-state index in [1.54, 1.807) is 32.0 Å². The van der Waals surface area contributed by atoms with E-state index in [0.29, 0.717) is 22.4 Å². The lowest BCUT2D eigenvalue weighted by atomic mass is 9.78. The number of aliphatic imine (C=N–C) groups is 1. The van der Waals surface area contributed by atoms with Gasteiger partial charge in [-0.15, -0.1) is 0 Å². The highest BCUT2D eigenvalue weighted by molar-refractivity contribution is 6.03. The number of rotatable bonds is 3. The minimum atomic E-state index is -4.91. The molecule has 0 saturated carbocycles. The van der Waals surface area contributed by atoms with Gasteiger partial charge < -0.3 is 4.74 Å². The quantitative estimate of drug-likeness (QED) is 0.433. The zero-order chi connectivity index (χ0) is 23.2. The van der Waals surface area contributed by atoms with Gasteiger partial charge in [0.15, 0.2) is 0 Å². The van der Waals surface area contributed by atoms with Crippen LogP contribution in [0.25, 0.3) is 0 Å². The molecular formula is C22H19F6NO2. The van der Waals surface area contributed by atoms with Crippen molar-refractivity contribution in [2.75, 3.05) is 13.7 Å². The zero-order valence-corrected chi connectivity index (χ0v) is 16.9. The molecule has 0 N–H and O–H groups in total. The Labute approximate surface area is 174 Å². The topological polar surface area (TPSA) is 38.7 Å². The Morgan fingerprint density at radius 3 is 2.06 bits per heavy atom. The van der Waals surface area contributed by atoms with Gasteiger partial charge in [-0.3, -0.25) is 4.99 Å². The van der Waals surface area contributed by atoms with Crippen molar-refractivity contribution in [2.24, 2.45) is 4.99 Å². The summed E-state index contributed by atoms with van der Waals surface area (Å²) in [5.74, 6) is -0.508. The molecule has 1 unspecified atom stereocenters. The molecule has 1 atom stereocenters. The Morgan fingerprint density at radius 2 is 1.58 bits per heavy atom. The Morgan fingerprint density at radius 1 is 1.00 bits per heavy atom. The predicted octanol–water partition coefficient (Wildman–Crippen LogP) is 5.97. The third-order valence-corrected chi connectivity index (χ3v) is 5.43. The number of halogens is 6. The van der Waals surface area contributed by atoms with Crippen LogP contribution in [0.1, 0.15) is 51.5 Å². The second-order valence-electron chi connectivity index (χ2n) is 7.82. The first kappa shape index (κ1) is 22.8. The minimum absolute atomic E-state index is 0.0404. The summed E-state index contributed by atoms with van der Waals surface area (Å²) in [5, 5.41) is 0. The predicted molar refractivity (Wildman–Crippen MR) is 102 cm³/mol. The number of carbonyl (C=O) groups excluding carboxylic acids is 1. The van der Waals surface area contributed by atoms with Crippen LogP contribution in [0, 0.1) is 6.92 Å². The summed E-state index contributed by atoms with van der Waals surface area (Å²) in [4.78, 5) is 16.1. The molecule has 3 nitrogen and oxygen atoms in total. The third-order valence-electron chi connectivity index (χ3n) is 5.43. The number of hydrogen-bond acceptors (Lipinski definition) is 3. The molecule has 3 rings (SSSR count). The van der Waals surface area contributed by atoms with E-state index in [1.165, 1.54) is 7.11 Å². The first-order valence-corrected chi connectivity index (χ1v) is 9.27. The lowest BCUT2D eigenvalue weighted by Crippen LogP contribution is -2.25. The number of carbonyl (C=O) groups is 1. The van der Waals surface area contributed by atoms with Gasteiger partial charge in [0.25, 0.3) is 0 Å². The Hall–Kier alpha value is -2.84. The van der Waals surface area contributed by atoms with E-state index in [1.807, 2.05) is 0 Å². The van der Waals surface area contributed by atoms with Crippen LogP contribution in [-0.4, -0.2) is 25.3 Å². The number of esters is 1. The second kappa shape index (κ2) is 7.69. The average Bonchev–Trinajstić information content (AvgIpc) is 3.09. The van der Waals surface area contributed by atoms with Crippen molar-refractivity contribution in [1.29, 1.82) is 0 Å². The van der Waals surface area contributed by atoms with E-state index in [0.717, 1.165) is 12.1 Å². The number of nitrogens with zero attached hydrogens (tertiary/aromatic N) is 1. The summed E-state index contributed by atoms with van der Waals surface area (Å²) in [7, 11) is 1.26. The second-order valence-corrected chi connectivity index (χ2v) is 7.82. The molecule has 0 fully saturated rings. The fourth-order valence-corrected chi connectivity index (χ4v) is 3.62. The Balaban J connectivity index is 1.96. The fraction of sp³-hybridized carbons (Fsp3) is 0.364. The van der Waals surface area contributed by atoms with E-state index >= 15 is 0 Å². The molecule has 9 heteroatoms. The maximum absolute atomic E-state index is 13.2. The molecule has 0 amide bonds. The van der Waals surface area contributed by atoms with Crippen LogP contribution in [0.3, 0.4) is 0 Å². The van der Waals surface area contributed by atoms with Gasteiger partial charge in [-0.05, 0) is 53.9 Å². The first-order chi connectivity index (χ1) is 14.2. The maximum atomic E-state index is 13.2. The van der Waals surface area contributed by atoms with Crippen molar-refractivity contribution in [2.45, 2.75) is 38.0 Å². The minimum Gasteiger partial charge on any atom is -0.465 e. The molecule has 0 bridgehead atoms. The summed E-state index contributed by atoms with van der Waals surface area (Å²) < 4.78 is 84.1. The van der Waals surface area contributed by atoms with E-state index < -0.39 is 34.9 Å². The Kier molecular flexibility index (Phi) is 5.67. The van der Waals surface area contributed by atoms with Gasteiger partial charge in [0.05, 0.1) is 23.8 Å². The summed E-state index contributed by atoms with van der Waals surface area (Å²) >= 11 is 0. The number of alkyl halides is 6. The zero-order valence-electron chi connectivity index (χ0n) is 16.9. The van der Waals surface area contributed by atoms with Crippen LogP contribution < -0.4 is 0 Å². The molecular weight excluding hydrogens is 424 g/mol. The first-order valence-electron chi connectivity index (χ1n) is 9.27. The van der Waals surface area contributed by atoms with Gasteiger partial charge in [0.2, 0.25) is 0 Å². The molecule has 166 valence electrons. The van der Waals surface area contributed by atoms with Crippen LogP contribution in [0.4, 0.5) is 26.3 Å². The summed E-state index contributed by atoms with van der Waals surface area (Å²) in [5.41, 5.74) is -1.61. The largest absolute Gasteiger partial charge is 0.465 e. The Bertz CT molecular complexity index is 1020. The van der Waals surface area contributed by atoms with E-state index in [4.69, 9.17) is 4.74 Å². The average molecular weight is 443 g/mol. The molecule has 0 saturated heterocycles. The highest BCUT2D eigenvalue weighted by Gasteiger charge is 2.41. The van der Waals surface area contributed by atoms with Crippen molar-refractivity contribution in [3.05, 3.63) is 69.8 Å². The van der Waals surface area contributed by atoms with Crippen LogP contribution in [-0.2, 0) is 22.5 Å². The number of hydrogen-bond donors (Lipinski definition) is 0. The molecule has 2 aromatic carbocycles. The van der Waals surface area contributed by atoms with Crippen molar-refractivity contribution in [3.8, 4) is 0 Å². The molecule has 1 aliphatic heterocycles. The van der Waals surface area contributed by atoms with Gasteiger partial charge in [0.1, 0.15) is 0 Å². The highest BCUT2D eigenvalue weighted by atomic mass is 19.4. The normalized spacial score (nSPS) is 19.3. The van der Waals surface area contributed by atoms with E-state index in [-0.39, 0.29) is 24.6 Å². The fourth-order valence-electron chi connectivity index (χ4n) is 3.62. The van der Waals surface area contributed by atoms with Crippen molar-refractivity contribution in [3.63, 3.8) is 0 Å². The maximum Gasteiger partial charge on any atom is 0.416 e. The van der Waals surface area contributed by atoms with Gasteiger partial charge in [-0.25, -0.2) is 4.79 Å². The standard InChI is InChI=1S/C22H19F6NO2/c1-12-6-13(4-5-17(12)19(30)31-3)18-10-20(2,11-29-18)14-7-15(21(23,24)25)9-16(8-14)22(26,27)28/h4-9H,10-11H2,1-3H3. The molecule has 0 radical (unpaired) electrons. The molecule has 0 aliphatic carbocycles. The molecule has 31 heavy (non-hydrogen) atoms. The van der Waals surface area contributed by atoms with Crippen molar-refractivity contribution in [1.82, 2.24) is 0 Å². The van der Waals surface area contributed by atoms with Gasteiger partial charge in [-0.1, -0.05) is 13.0 Å². The number of methoxy groups -OCH3 is 1. The molecule has 2 aromatic rings. The van der Waals surface area contributed by atoms with E-state index in [9.17, 15) is 31.1 Å². The van der Waals surface area contributed by atoms with Gasteiger partial charge >= 0.3 is 18.3 Å². The molecule has 0 aromatic heterocycles. The van der Waals surface area contributed by atoms with Gasteiger partial charge in [0, 0.05) is 24.1 Å². The number of aryl methyl sites for hydroxylation is 1. The summed E-state index contributed by atoms with van der Waals surface area (Å²) in [6.07, 6.45) is -9.66. The third kappa shape index (κ3) is 4.60. The molecule has 0 spiro atoms. The molecule has 1 aliphatic rings. The molecule has 1 heterocycles. The van der Waals surface area contributed by atoms with Crippen LogP contribution in [0.2, 0.25) is 0 Å². The lowest BCUT2D eigenvalue weighted by molar-refractivity contribution is -0.143. The van der Waals surface area contributed by atoms with Gasteiger partial charge in [-0.2, -0.15) is 26.3 Å². The number of benzene rings is 2. The van der Waals surface area contributed by atoms with Crippen LogP contribution in [0.5, 0.6) is 0 Å². The highest BCUT2D eigenvalue weighted by Crippen LogP contribution is 2.42. The monoisotopic (exact) mass is 443 g/mol. The summed E-state index contributed by atoms with van der Waals surface area (Å²) in [6, 6.07) is 6.54.